The molecule has 0 radical (unpaired) electrons. The smallest absolute Gasteiger partial charge is 0.242 e. The number of carbonyl (C=O) groups is 1. The lowest BCUT2D eigenvalue weighted by molar-refractivity contribution is -0.130. The summed E-state index contributed by atoms with van der Waals surface area (Å²) in [6.07, 6.45) is 0. The van der Waals surface area contributed by atoms with Crippen LogP contribution in [0.2, 0.25) is 0 Å². The number of aromatic nitrogens is 1. The number of rotatable bonds is 5. The molecule has 0 atom stereocenters. The van der Waals surface area contributed by atoms with Crippen molar-refractivity contribution in [3.63, 3.8) is 0 Å². The quantitative estimate of drug-likeness (QED) is 0.729. The number of benzene rings is 2. The molecule has 2 aromatic carbocycles. The summed E-state index contributed by atoms with van der Waals surface area (Å²) in [5.41, 5.74) is 1.58. The molecule has 0 fully saturated rings. The number of likely N-dealkylation sites (N-methyl/N-ethyl adjacent to an activating group) is 2. The average Bonchev–Trinajstić information content (AvgIpc) is 2.63. The molecule has 124 valence electrons. The second kappa shape index (κ2) is 6.84. The zero-order chi connectivity index (χ0) is 17.1. The summed E-state index contributed by atoms with van der Waals surface area (Å²) in [7, 11) is 3.66. The molecule has 0 aliphatic heterocycles. The van der Waals surface area contributed by atoms with Crippen molar-refractivity contribution in [3.8, 4) is 0 Å². The van der Waals surface area contributed by atoms with E-state index in [1.807, 2.05) is 60.1 Å². The molecule has 3 rings (SSSR count). The number of fused-ring (bicyclic) bond motifs is 2. The molecular weight excluding hydrogens is 302 g/mol. The molecule has 0 unspecified atom stereocenters. The number of carbonyl (C=O) groups excluding carboxylic acids is 1. The highest BCUT2D eigenvalue weighted by atomic mass is 16.2. The van der Waals surface area contributed by atoms with Crippen molar-refractivity contribution >= 4 is 27.7 Å². The zero-order valence-electron chi connectivity index (χ0n) is 14.0. The van der Waals surface area contributed by atoms with Crippen molar-refractivity contribution in [1.82, 2.24) is 14.8 Å². The van der Waals surface area contributed by atoms with Gasteiger partial charge in [-0.3, -0.25) is 9.59 Å². The SMILES string of the molecule is CNCCN(C)C(=O)Cn1c2ccccc2c(=O)c2ccccc21. The first-order valence-corrected chi connectivity index (χ1v) is 8.02. The predicted molar refractivity (Wildman–Crippen MR) is 97.3 cm³/mol. The van der Waals surface area contributed by atoms with Gasteiger partial charge < -0.3 is 14.8 Å². The maximum atomic E-state index is 12.7. The van der Waals surface area contributed by atoms with Crippen LogP contribution in [-0.2, 0) is 11.3 Å². The van der Waals surface area contributed by atoms with Crippen molar-refractivity contribution in [2.24, 2.45) is 0 Å². The Kier molecular flexibility index (Phi) is 4.62. The highest BCUT2D eigenvalue weighted by Gasteiger charge is 2.14. The van der Waals surface area contributed by atoms with Gasteiger partial charge in [-0.1, -0.05) is 24.3 Å². The molecule has 5 heteroatoms. The molecule has 1 aromatic heterocycles. The Morgan fingerprint density at radius 2 is 1.58 bits per heavy atom. The lowest BCUT2D eigenvalue weighted by Gasteiger charge is -2.20. The summed E-state index contributed by atoms with van der Waals surface area (Å²) in [6, 6.07) is 14.9. The van der Waals surface area contributed by atoms with Crippen LogP contribution in [0, 0.1) is 0 Å². The number of nitrogens with one attached hydrogen (secondary N) is 1. The van der Waals surface area contributed by atoms with E-state index in [9.17, 15) is 9.59 Å². The van der Waals surface area contributed by atoms with Gasteiger partial charge in [-0.15, -0.1) is 0 Å². The van der Waals surface area contributed by atoms with Crippen molar-refractivity contribution in [2.75, 3.05) is 27.2 Å². The molecule has 0 bridgehead atoms. The van der Waals surface area contributed by atoms with Gasteiger partial charge in [0.15, 0.2) is 5.43 Å². The first kappa shape index (κ1) is 16.2. The maximum Gasteiger partial charge on any atom is 0.242 e. The van der Waals surface area contributed by atoms with Crippen LogP contribution in [-0.4, -0.2) is 42.6 Å². The fourth-order valence-corrected chi connectivity index (χ4v) is 2.91. The van der Waals surface area contributed by atoms with Crippen LogP contribution in [0.15, 0.2) is 53.3 Å². The van der Waals surface area contributed by atoms with Crippen LogP contribution < -0.4 is 10.7 Å². The van der Waals surface area contributed by atoms with Crippen LogP contribution in [0.1, 0.15) is 0 Å². The number of amides is 1. The van der Waals surface area contributed by atoms with Gasteiger partial charge in [0.2, 0.25) is 5.91 Å². The summed E-state index contributed by atoms with van der Waals surface area (Å²) < 4.78 is 1.93. The maximum absolute atomic E-state index is 12.7. The average molecular weight is 323 g/mol. The Hall–Kier alpha value is -2.66. The predicted octanol–water partition coefficient (Wildman–Crippen LogP) is 1.83. The van der Waals surface area contributed by atoms with Crippen LogP contribution in [0.25, 0.3) is 21.8 Å². The molecule has 1 N–H and O–H groups in total. The molecule has 0 saturated carbocycles. The fourth-order valence-electron chi connectivity index (χ4n) is 2.91. The number of hydrogen-bond donors (Lipinski definition) is 1. The Bertz CT molecular complexity index is 886. The third-order valence-corrected chi connectivity index (χ3v) is 4.30. The normalized spacial score (nSPS) is 11.1. The van der Waals surface area contributed by atoms with E-state index >= 15 is 0 Å². The van der Waals surface area contributed by atoms with Crippen LogP contribution in [0.4, 0.5) is 0 Å². The Morgan fingerprint density at radius 3 is 2.12 bits per heavy atom. The molecule has 1 amide bonds. The Labute approximate surface area is 140 Å². The van der Waals surface area contributed by atoms with Crippen molar-refractivity contribution in [2.45, 2.75) is 6.54 Å². The number of hydrogen-bond acceptors (Lipinski definition) is 3. The zero-order valence-corrected chi connectivity index (χ0v) is 14.0. The highest BCUT2D eigenvalue weighted by Crippen LogP contribution is 2.19. The van der Waals surface area contributed by atoms with Crippen LogP contribution in [0.3, 0.4) is 0 Å². The second-order valence-electron chi connectivity index (χ2n) is 5.87. The molecule has 0 spiro atoms. The summed E-state index contributed by atoms with van der Waals surface area (Å²) in [6.45, 7) is 1.60. The van der Waals surface area contributed by atoms with E-state index in [2.05, 4.69) is 5.32 Å². The van der Waals surface area contributed by atoms with E-state index in [4.69, 9.17) is 0 Å². The minimum Gasteiger partial charge on any atom is -0.343 e. The molecule has 24 heavy (non-hydrogen) atoms. The Balaban J connectivity index is 2.13. The lowest BCUT2D eigenvalue weighted by Crippen LogP contribution is -2.35. The standard InChI is InChI=1S/C19H21N3O2/c1-20-11-12-21(2)18(23)13-22-16-9-5-3-7-14(16)19(24)15-8-4-6-10-17(15)22/h3-10,20H,11-13H2,1-2H3. The number of pyridine rings is 1. The highest BCUT2D eigenvalue weighted by molar-refractivity contribution is 5.94. The minimum atomic E-state index is 0.00781. The largest absolute Gasteiger partial charge is 0.343 e. The van der Waals surface area contributed by atoms with Gasteiger partial charge in [0, 0.05) is 30.9 Å². The molecular formula is C19H21N3O2. The fraction of sp³-hybridized carbons (Fsp3) is 0.263. The van der Waals surface area contributed by atoms with Crippen molar-refractivity contribution in [1.29, 1.82) is 0 Å². The lowest BCUT2D eigenvalue weighted by atomic mass is 10.1. The number of para-hydroxylation sites is 2. The molecule has 5 nitrogen and oxygen atoms in total. The molecule has 1 heterocycles. The third kappa shape index (κ3) is 2.90. The van der Waals surface area contributed by atoms with Gasteiger partial charge >= 0.3 is 0 Å². The molecule has 0 saturated heterocycles. The molecule has 3 aromatic rings. The van der Waals surface area contributed by atoms with Crippen LogP contribution >= 0.6 is 0 Å². The summed E-state index contributed by atoms with van der Waals surface area (Å²) >= 11 is 0. The number of nitrogens with zero attached hydrogens (tertiary/aromatic N) is 2. The van der Waals surface area contributed by atoms with E-state index in [1.165, 1.54) is 0 Å². The van der Waals surface area contributed by atoms with Crippen molar-refractivity contribution < 1.29 is 4.79 Å². The molecule has 0 aliphatic rings. The van der Waals surface area contributed by atoms with Gasteiger partial charge in [-0.05, 0) is 31.3 Å². The summed E-state index contributed by atoms with van der Waals surface area (Å²) in [4.78, 5) is 27.0. The summed E-state index contributed by atoms with van der Waals surface area (Å²) in [5.74, 6) is 0.0178. The molecule has 0 aliphatic carbocycles. The minimum absolute atomic E-state index is 0.00781. The third-order valence-electron chi connectivity index (χ3n) is 4.30. The van der Waals surface area contributed by atoms with Gasteiger partial charge in [-0.25, -0.2) is 0 Å². The van der Waals surface area contributed by atoms with E-state index in [1.54, 1.807) is 11.9 Å². The van der Waals surface area contributed by atoms with Gasteiger partial charge in [0.1, 0.15) is 6.54 Å². The van der Waals surface area contributed by atoms with Gasteiger partial charge in [-0.2, -0.15) is 0 Å². The van der Waals surface area contributed by atoms with Crippen LogP contribution in [0.5, 0.6) is 0 Å². The first-order chi connectivity index (χ1) is 11.6. The topological polar surface area (TPSA) is 54.3 Å². The first-order valence-electron chi connectivity index (χ1n) is 8.02. The summed E-state index contributed by atoms with van der Waals surface area (Å²) in [5, 5.41) is 4.32. The van der Waals surface area contributed by atoms with Gasteiger partial charge in [0.25, 0.3) is 0 Å². The monoisotopic (exact) mass is 323 g/mol. The van der Waals surface area contributed by atoms with E-state index < -0.39 is 0 Å². The van der Waals surface area contributed by atoms with E-state index in [0.29, 0.717) is 17.3 Å². The second-order valence-corrected chi connectivity index (χ2v) is 5.87. The van der Waals surface area contributed by atoms with E-state index in [0.717, 1.165) is 17.6 Å². The van der Waals surface area contributed by atoms with E-state index in [-0.39, 0.29) is 17.9 Å². The Morgan fingerprint density at radius 1 is 1.04 bits per heavy atom. The van der Waals surface area contributed by atoms with Crippen molar-refractivity contribution in [3.05, 3.63) is 58.8 Å². The van der Waals surface area contributed by atoms with Gasteiger partial charge in [0.05, 0.1) is 11.0 Å².